The van der Waals surface area contributed by atoms with E-state index in [9.17, 15) is 26.7 Å². The lowest BCUT2D eigenvalue weighted by atomic mass is 10.1. The molecule has 128 valence electrons. The van der Waals surface area contributed by atoms with Crippen LogP contribution in [0.4, 0.5) is 18.9 Å². The lowest BCUT2D eigenvalue weighted by molar-refractivity contribution is -0.0435. The molecular weight excluding hydrogens is 343 g/mol. The number of alkyl halides is 3. The second kappa shape index (κ2) is 5.78. The van der Waals surface area contributed by atoms with Crippen LogP contribution in [0, 0.1) is 0 Å². The van der Waals surface area contributed by atoms with Crippen LogP contribution in [0.2, 0.25) is 0 Å². The molecule has 0 fully saturated rings. The number of sulfone groups is 1. The van der Waals surface area contributed by atoms with Crippen LogP contribution >= 0.6 is 0 Å². The lowest BCUT2D eigenvalue weighted by Crippen LogP contribution is -2.26. The van der Waals surface area contributed by atoms with Crippen molar-refractivity contribution in [1.29, 1.82) is 0 Å². The Hall–Kier alpha value is -2.06. The topological polar surface area (TPSA) is 66.4 Å². The average Bonchev–Trinajstić information content (AvgIpc) is 2.83. The van der Waals surface area contributed by atoms with Gasteiger partial charge in [-0.2, -0.15) is 13.2 Å². The van der Waals surface area contributed by atoms with Crippen molar-refractivity contribution in [1.82, 2.24) is 0 Å². The summed E-state index contributed by atoms with van der Waals surface area (Å²) in [6.07, 6.45) is -0.508. The van der Waals surface area contributed by atoms with E-state index >= 15 is 0 Å². The highest BCUT2D eigenvalue weighted by Crippen LogP contribution is 2.38. The van der Waals surface area contributed by atoms with Crippen LogP contribution in [0.25, 0.3) is 0 Å². The fraction of sp³-hybridized carbons (Fsp3) is 0.250. The minimum Gasteiger partial charge on any atom is -0.390 e. The molecule has 0 heterocycles. The molecule has 0 unspecified atom stereocenters. The Balaban J connectivity index is 2.01. The number of hydrogen-bond donors (Lipinski definition) is 2. The predicted octanol–water partition coefficient (Wildman–Crippen LogP) is 3.05. The molecule has 2 N–H and O–H groups in total. The summed E-state index contributed by atoms with van der Waals surface area (Å²) in [6, 6.07) is 11.3. The third kappa shape index (κ3) is 2.76. The maximum Gasteiger partial charge on any atom is 0.501 e. The summed E-state index contributed by atoms with van der Waals surface area (Å²) in [5.41, 5.74) is -3.96. The molecule has 4 nitrogen and oxygen atoms in total. The summed E-state index contributed by atoms with van der Waals surface area (Å²) in [7, 11) is -5.49. The number of para-hydroxylation sites is 1. The standard InChI is InChI=1S/C16H14F3NO3S/c17-16(18,19)24(22,23)14-8-4-3-7-12(14)20-15-11-6-2-1-5-10(11)9-13(15)21/h1-8,13,15,20-21H,9H2/t13-,15+/m0/s1. The minimum absolute atomic E-state index is 0.185. The molecule has 3 rings (SSSR count). The highest BCUT2D eigenvalue weighted by atomic mass is 32.2. The zero-order chi connectivity index (χ0) is 17.5. The first kappa shape index (κ1) is 16.8. The van der Waals surface area contributed by atoms with Crippen LogP contribution in [-0.2, 0) is 16.3 Å². The summed E-state index contributed by atoms with van der Waals surface area (Å²) in [5.74, 6) is 0. The van der Waals surface area contributed by atoms with Crippen molar-refractivity contribution in [3.05, 3.63) is 59.7 Å². The summed E-state index contributed by atoms with van der Waals surface area (Å²) in [5, 5.41) is 13.0. The van der Waals surface area contributed by atoms with E-state index in [-0.39, 0.29) is 5.69 Å². The molecule has 2 atom stereocenters. The first-order valence-corrected chi connectivity index (χ1v) is 8.63. The third-order valence-electron chi connectivity index (χ3n) is 4.00. The molecule has 0 aromatic heterocycles. The van der Waals surface area contributed by atoms with E-state index in [1.807, 2.05) is 6.07 Å². The molecule has 0 spiro atoms. The van der Waals surface area contributed by atoms with Gasteiger partial charge in [0.15, 0.2) is 0 Å². The van der Waals surface area contributed by atoms with Crippen molar-refractivity contribution < 1.29 is 26.7 Å². The Bertz CT molecular complexity index is 865. The normalized spacial score (nSPS) is 20.7. The number of halogens is 3. The van der Waals surface area contributed by atoms with Gasteiger partial charge in [-0.3, -0.25) is 0 Å². The Morgan fingerprint density at radius 2 is 1.67 bits per heavy atom. The van der Waals surface area contributed by atoms with E-state index in [1.165, 1.54) is 18.2 Å². The number of aliphatic hydroxyl groups is 1. The quantitative estimate of drug-likeness (QED) is 0.886. The minimum atomic E-state index is -5.49. The number of rotatable bonds is 3. The smallest absolute Gasteiger partial charge is 0.390 e. The van der Waals surface area contributed by atoms with E-state index in [2.05, 4.69) is 5.32 Å². The first-order valence-electron chi connectivity index (χ1n) is 7.14. The maximum atomic E-state index is 12.9. The molecule has 8 heteroatoms. The molecule has 0 saturated heterocycles. The van der Waals surface area contributed by atoms with Crippen molar-refractivity contribution >= 4 is 15.5 Å². The summed E-state index contributed by atoms with van der Waals surface area (Å²) in [4.78, 5) is -0.853. The van der Waals surface area contributed by atoms with Gasteiger partial charge in [0.1, 0.15) is 0 Å². The van der Waals surface area contributed by atoms with Gasteiger partial charge in [-0.1, -0.05) is 36.4 Å². The van der Waals surface area contributed by atoms with Crippen molar-refractivity contribution in [3.8, 4) is 0 Å². The zero-order valence-electron chi connectivity index (χ0n) is 12.3. The Labute approximate surface area is 136 Å². The third-order valence-corrected chi connectivity index (χ3v) is 5.54. The summed E-state index contributed by atoms with van der Waals surface area (Å²) in [6.45, 7) is 0. The number of hydrogen-bond acceptors (Lipinski definition) is 4. The molecule has 0 aliphatic heterocycles. The van der Waals surface area contributed by atoms with Gasteiger partial charge in [-0.25, -0.2) is 8.42 Å². The molecule has 0 bridgehead atoms. The molecule has 0 radical (unpaired) electrons. The van der Waals surface area contributed by atoms with Gasteiger partial charge in [0, 0.05) is 6.42 Å². The number of fused-ring (bicyclic) bond motifs is 1. The molecule has 1 aliphatic carbocycles. The summed E-state index contributed by atoms with van der Waals surface area (Å²) >= 11 is 0. The van der Waals surface area contributed by atoms with Gasteiger partial charge in [0.05, 0.1) is 22.7 Å². The second-order valence-corrected chi connectivity index (χ2v) is 7.45. The number of benzene rings is 2. The van der Waals surface area contributed by atoms with Crippen LogP contribution in [0.1, 0.15) is 17.2 Å². The maximum absolute atomic E-state index is 12.9. The molecular formula is C16H14F3NO3S. The van der Waals surface area contributed by atoms with Crippen LogP contribution in [0.3, 0.4) is 0 Å². The van der Waals surface area contributed by atoms with Crippen LogP contribution in [0.15, 0.2) is 53.4 Å². The molecule has 0 saturated carbocycles. The fourth-order valence-electron chi connectivity index (χ4n) is 2.86. The highest BCUT2D eigenvalue weighted by molar-refractivity contribution is 7.92. The van der Waals surface area contributed by atoms with E-state index < -0.39 is 32.4 Å². The molecule has 1 aliphatic rings. The lowest BCUT2D eigenvalue weighted by Gasteiger charge is -2.21. The van der Waals surface area contributed by atoms with Crippen molar-refractivity contribution in [2.75, 3.05) is 5.32 Å². The van der Waals surface area contributed by atoms with Crippen molar-refractivity contribution in [2.24, 2.45) is 0 Å². The van der Waals surface area contributed by atoms with Gasteiger partial charge in [0.2, 0.25) is 0 Å². The first-order chi connectivity index (χ1) is 11.2. The van der Waals surface area contributed by atoms with Gasteiger partial charge < -0.3 is 10.4 Å². The zero-order valence-corrected chi connectivity index (χ0v) is 13.1. The van der Waals surface area contributed by atoms with E-state index in [1.54, 1.807) is 18.2 Å². The summed E-state index contributed by atoms with van der Waals surface area (Å²) < 4.78 is 62.1. The molecule has 2 aromatic rings. The average molecular weight is 357 g/mol. The highest BCUT2D eigenvalue weighted by Gasteiger charge is 2.48. The van der Waals surface area contributed by atoms with Crippen LogP contribution < -0.4 is 5.32 Å². The molecule has 24 heavy (non-hydrogen) atoms. The molecule has 2 aromatic carbocycles. The van der Waals surface area contributed by atoms with Gasteiger partial charge in [0.25, 0.3) is 9.84 Å². The van der Waals surface area contributed by atoms with Crippen LogP contribution in [-0.4, -0.2) is 25.1 Å². The van der Waals surface area contributed by atoms with Crippen molar-refractivity contribution in [3.63, 3.8) is 0 Å². The number of nitrogens with one attached hydrogen (secondary N) is 1. The van der Waals surface area contributed by atoms with E-state index in [4.69, 9.17) is 0 Å². The number of aliphatic hydroxyl groups excluding tert-OH is 1. The van der Waals surface area contributed by atoms with Gasteiger partial charge in [-0.05, 0) is 23.3 Å². The van der Waals surface area contributed by atoms with Gasteiger partial charge >= 0.3 is 5.51 Å². The van der Waals surface area contributed by atoms with E-state index in [0.717, 1.165) is 17.2 Å². The SMILES string of the molecule is O=S(=O)(c1ccccc1N[C@@H]1c2ccccc2C[C@@H]1O)C(F)(F)F. The van der Waals surface area contributed by atoms with Gasteiger partial charge in [-0.15, -0.1) is 0 Å². The second-order valence-electron chi connectivity index (χ2n) is 5.54. The van der Waals surface area contributed by atoms with E-state index in [0.29, 0.717) is 6.42 Å². The Morgan fingerprint density at radius 3 is 2.38 bits per heavy atom. The Morgan fingerprint density at radius 1 is 1.04 bits per heavy atom. The Kier molecular flexibility index (Phi) is 4.05. The molecule has 0 amide bonds. The van der Waals surface area contributed by atoms with Crippen LogP contribution in [0.5, 0.6) is 0 Å². The number of anilines is 1. The predicted molar refractivity (Wildman–Crippen MR) is 82.2 cm³/mol. The largest absolute Gasteiger partial charge is 0.501 e. The monoisotopic (exact) mass is 357 g/mol. The van der Waals surface area contributed by atoms with Crippen molar-refractivity contribution in [2.45, 2.75) is 29.0 Å². The fourth-order valence-corrected chi connectivity index (χ4v) is 3.78.